The summed E-state index contributed by atoms with van der Waals surface area (Å²) in [6.07, 6.45) is -6.01. The van der Waals surface area contributed by atoms with Crippen molar-refractivity contribution in [3.8, 4) is 0 Å². The number of nitrogens with one attached hydrogen (secondary N) is 1. The number of amides is 3. The number of nitrogens with zero attached hydrogens (tertiary/aromatic N) is 2. The van der Waals surface area contributed by atoms with Gasteiger partial charge in [0, 0.05) is 38.4 Å². The lowest BCUT2D eigenvalue weighted by Crippen LogP contribution is -2.53. The molecule has 0 heterocycles. The third-order valence-corrected chi connectivity index (χ3v) is 6.30. The molecule has 2 aromatic rings. The Hall–Kier alpha value is -3.44. The van der Waals surface area contributed by atoms with Gasteiger partial charge in [-0.3, -0.25) is 14.4 Å². The first-order valence-electron chi connectivity index (χ1n) is 12.6. The molecule has 4 N–H and O–H groups in total. The minimum atomic E-state index is -4.82. The smallest absolute Gasteiger partial charge is 0.391 e. The van der Waals surface area contributed by atoms with E-state index in [2.05, 4.69) is 5.32 Å². The number of aliphatic hydroxyl groups excluding tert-OH is 1. The van der Waals surface area contributed by atoms with Crippen LogP contribution in [0.5, 0.6) is 0 Å². The van der Waals surface area contributed by atoms with Crippen molar-refractivity contribution in [2.24, 2.45) is 5.73 Å². The Kier molecular flexibility index (Phi) is 11.1. The zero-order valence-corrected chi connectivity index (χ0v) is 22.9. The third kappa shape index (κ3) is 8.79. The summed E-state index contributed by atoms with van der Waals surface area (Å²) < 4.78 is 41.6. The maximum atomic E-state index is 13.9. The van der Waals surface area contributed by atoms with E-state index >= 15 is 0 Å². The van der Waals surface area contributed by atoms with Gasteiger partial charge < -0.3 is 26.0 Å². The van der Waals surface area contributed by atoms with Gasteiger partial charge in [0.15, 0.2) is 0 Å². The number of halogens is 3. The van der Waals surface area contributed by atoms with Crippen molar-refractivity contribution >= 4 is 23.4 Å². The Morgan fingerprint density at radius 1 is 1.08 bits per heavy atom. The Labute approximate surface area is 227 Å². The first kappa shape index (κ1) is 31.8. The first-order valence-corrected chi connectivity index (χ1v) is 12.6. The van der Waals surface area contributed by atoms with Crippen molar-refractivity contribution in [1.82, 2.24) is 10.2 Å². The van der Waals surface area contributed by atoms with Gasteiger partial charge in [-0.25, -0.2) is 0 Å². The molecule has 0 spiro atoms. The Morgan fingerprint density at radius 3 is 2.28 bits per heavy atom. The molecule has 2 rings (SSSR count). The molecule has 0 radical (unpaired) electrons. The molecule has 2 atom stereocenters. The number of alkyl halides is 3. The number of aryl methyl sites for hydroxylation is 2. The van der Waals surface area contributed by atoms with Crippen LogP contribution in [0.4, 0.5) is 18.9 Å². The first-order chi connectivity index (χ1) is 18.1. The van der Waals surface area contributed by atoms with Crippen LogP contribution in [0.25, 0.3) is 0 Å². The highest BCUT2D eigenvalue weighted by molar-refractivity contribution is 6.05. The predicted octanol–water partition coefficient (Wildman–Crippen LogP) is 3.55. The van der Waals surface area contributed by atoms with Gasteiger partial charge in [-0.2, -0.15) is 13.2 Å². The Bertz CT molecular complexity index is 1180. The average Bonchev–Trinajstić information content (AvgIpc) is 2.82. The molecule has 0 aliphatic heterocycles. The van der Waals surface area contributed by atoms with Gasteiger partial charge in [0.1, 0.15) is 6.42 Å². The van der Waals surface area contributed by atoms with Crippen LogP contribution in [-0.4, -0.2) is 60.5 Å². The number of hydrogen-bond donors (Lipinski definition) is 3. The topological polar surface area (TPSA) is 116 Å². The molecule has 0 bridgehead atoms. The highest BCUT2D eigenvalue weighted by atomic mass is 19.4. The quantitative estimate of drug-likeness (QED) is 0.350. The summed E-state index contributed by atoms with van der Waals surface area (Å²) in [4.78, 5) is 39.7. The second-order valence-electron chi connectivity index (χ2n) is 9.86. The van der Waals surface area contributed by atoms with Crippen molar-refractivity contribution in [1.29, 1.82) is 0 Å². The number of primary amides is 1. The lowest BCUT2D eigenvalue weighted by molar-refractivity contribution is -0.137. The minimum Gasteiger partial charge on any atom is -0.391 e. The number of carbonyl (C=O) groups is 3. The van der Waals surface area contributed by atoms with Crippen LogP contribution < -0.4 is 16.0 Å². The predicted molar refractivity (Wildman–Crippen MR) is 143 cm³/mol. The molecule has 0 aromatic heterocycles. The molecular weight excluding hydrogens is 513 g/mol. The van der Waals surface area contributed by atoms with Gasteiger partial charge in [0.25, 0.3) is 5.91 Å². The Morgan fingerprint density at radius 2 is 1.74 bits per heavy atom. The largest absolute Gasteiger partial charge is 0.416 e. The maximum absolute atomic E-state index is 13.9. The van der Waals surface area contributed by atoms with Crippen LogP contribution in [-0.2, 0) is 22.3 Å². The summed E-state index contributed by atoms with van der Waals surface area (Å²) in [6.45, 7) is 6.09. The van der Waals surface area contributed by atoms with Crippen LogP contribution >= 0.6 is 0 Å². The lowest BCUT2D eigenvalue weighted by Gasteiger charge is -2.36. The lowest BCUT2D eigenvalue weighted by atomic mass is 10.00. The van der Waals surface area contributed by atoms with Crippen molar-refractivity contribution in [2.75, 3.05) is 25.5 Å². The van der Waals surface area contributed by atoms with Crippen LogP contribution in [0.15, 0.2) is 36.4 Å². The summed E-state index contributed by atoms with van der Waals surface area (Å²) in [5, 5.41) is 14.3. The molecule has 39 heavy (non-hydrogen) atoms. The standard InChI is InChI=1S/C28H37F3N4O4/c1-6-7-24(36)23(16-33-15-19-9-8-17(2)10-18(19)3)35(26(38)14-25(32)37)22-12-20(27(39)34(4)5)11-21(13-22)28(29,30)31/h8-13,23-24,33,36H,6-7,14-16H2,1-5H3,(H2,32,37). The van der Waals surface area contributed by atoms with E-state index in [1.54, 1.807) is 0 Å². The van der Waals surface area contributed by atoms with Gasteiger partial charge in [-0.1, -0.05) is 37.1 Å². The number of hydrogen-bond acceptors (Lipinski definition) is 5. The molecule has 2 aromatic carbocycles. The zero-order valence-electron chi connectivity index (χ0n) is 22.9. The van der Waals surface area contributed by atoms with Crippen LogP contribution in [0.1, 0.15) is 58.8 Å². The van der Waals surface area contributed by atoms with Crippen LogP contribution in [0, 0.1) is 13.8 Å². The number of carbonyl (C=O) groups excluding carboxylic acids is 3. The van der Waals surface area contributed by atoms with Gasteiger partial charge in [-0.15, -0.1) is 0 Å². The van der Waals surface area contributed by atoms with Gasteiger partial charge in [0.2, 0.25) is 11.8 Å². The monoisotopic (exact) mass is 550 g/mol. The summed E-state index contributed by atoms with van der Waals surface area (Å²) >= 11 is 0. The molecule has 0 saturated heterocycles. The summed E-state index contributed by atoms with van der Waals surface area (Å²) in [5.41, 5.74) is 6.63. The second-order valence-corrected chi connectivity index (χ2v) is 9.86. The van der Waals surface area contributed by atoms with Gasteiger partial charge in [-0.05, 0) is 49.6 Å². The molecular formula is C28H37F3N4O4. The summed E-state index contributed by atoms with van der Waals surface area (Å²) in [7, 11) is 2.78. The van der Waals surface area contributed by atoms with Gasteiger partial charge >= 0.3 is 6.18 Å². The molecule has 0 fully saturated rings. The van der Waals surface area contributed by atoms with E-state index in [4.69, 9.17) is 5.73 Å². The van der Waals surface area contributed by atoms with Gasteiger partial charge in [0.05, 0.1) is 17.7 Å². The van der Waals surface area contributed by atoms with E-state index < -0.39 is 48.0 Å². The average molecular weight is 551 g/mol. The molecule has 2 unspecified atom stereocenters. The van der Waals surface area contributed by atoms with Crippen LogP contribution in [0.2, 0.25) is 0 Å². The van der Waals surface area contributed by atoms with Crippen molar-refractivity contribution in [2.45, 2.75) is 64.9 Å². The molecule has 11 heteroatoms. The highest BCUT2D eigenvalue weighted by Gasteiger charge is 2.36. The van der Waals surface area contributed by atoms with E-state index in [0.29, 0.717) is 19.0 Å². The highest BCUT2D eigenvalue weighted by Crippen LogP contribution is 2.34. The van der Waals surface area contributed by atoms with E-state index in [-0.39, 0.29) is 24.2 Å². The molecule has 3 amide bonds. The summed E-state index contributed by atoms with van der Waals surface area (Å²) in [5.74, 6) is -2.57. The molecule has 0 saturated carbocycles. The maximum Gasteiger partial charge on any atom is 0.416 e. The number of anilines is 1. The molecule has 214 valence electrons. The number of aliphatic hydroxyl groups is 1. The fourth-order valence-corrected chi connectivity index (χ4v) is 4.34. The third-order valence-electron chi connectivity index (χ3n) is 6.30. The van der Waals surface area contributed by atoms with E-state index in [9.17, 15) is 32.7 Å². The number of benzene rings is 2. The number of nitrogens with two attached hydrogens (primary N) is 1. The van der Waals surface area contributed by atoms with Crippen molar-refractivity contribution in [3.05, 3.63) is 64.2 Å². The fraction of sp³-hybridized carbons (Fsp3) is 0.464. The zero-order chi connectivity index (χ0) is 29.5. The summed E-state index contributed by atoms with van der Waals surface area (Å²) in [6, 6.07) is 7.44. The SMILES string of the molecule is CCCC(O)C(CNCc1ccc(C)cc1C)N(C(=O)CC(N)=O)c1cc(C(=O)N(C)C)cc(C(F)(F)F)c1. The van der Waals surface area contributed by atoms with Crippen molar-refractivity contribution in [3.63, 3.8) is 0 Å². The van der Waals surface area contributed by atoms with Crippen LogP contribution in [0.3, 0.4) is 0 Å². The van der Waals surface area contributed by atoms with E-state index in [1.807, 2.05) is 39.0 Å². The minimum absolute atomic E-state index is 0.00775. The normalized spacial score (nSPS) is 13.1. The number of rotatable bonds is 12. The van der Waals surface area contributed by atoms with E-state index in [1.165, 1.54) is 14.1 Å². The Balaban J connectivity index is 2.61. The molecule has 8 nitrogen and oxygen atoms in total. The molecule has 0 aliphatic carbocycles. The fourth-order valence-electron chi connectivity index (χ4n) is 4.34. The van der Waals surface area contributed by atoms with Crippen molar-refractivity contribution < 1.29 is 32.7 Å². The molecule has 0 aliphatic rings. The second kappa shape index (κ2) is 13.6. The van der Waals surface area contributed by atoms with E-state index in [0.717, 1.165) is 38.6 Å².